The Balaban J connectivity index is 1.83. The zero-order valence-electron chi connectivity index (χ0n) is 18.2. The molecule has 0 radical (unpaired) electrons. The molecule has 0 spiro atoms. The minimum absolute atomic E-state index is 0.151. The Morgan fingerprint density at radius 2 is 1.56 bits per heavy atom. The number of nitrogens with zero attached hydrogens (tertiary/aromatic N) is 1. The van der Waals surface area contributed by atoms with Crippen molar-refractivity contribution in [3.63, 3.8) is 0 Å². The topological polar surface area (TPSA) is 74.6 Å². The van der Waals surface area contributed by atoms with Gasteiger partial charge in [-0.1, -0.05) is 48.5 Å². The highest BCUT2D eigenvalue weighted by Gasteiger charge is 2.33. The standard InChI is InChI=1S/C27H19NO5S/c1-32-19-13-11-17(12-14-19)24-25-18(16-33-27(25)29)15-22-21-9-5-6-10-23(21)28(26(22)24)34(30,31)20-7-3-2-4-8-20/h2-15H,16H2,1H3. The lowest BCUT2D eigenvalue weighted by atomic mass is 9.93. The van der Waals surface area contributed by atoms with E-state index in [4.69, 9.17) is 9.47 Å². The summed E-state index contributed by atoms with van der Waals surface area (Å²) >= 11 is 0. The smallest absolute Gasteiger partial charge is 0.339 e. The highest BCUT2D eigenvalue weighted by atomic mass is 32.2. The number of aromatic nitrogens is 1. The molecule has 2 heterocycles. The van der Waals surface area contributed by atoms with Crippen molar-refractivity contribution in [1.82, 2.24) is 3.97 Å². The first-order valence-corrected chi connectivity index (χ1v) is 12.2. The molecule has 6 nitrogen and oxygen atoms in total. The van der Waals surface area contributed by atoms with Gasteiger partial charge in [-0.2, -0.15) is 0 Å². The lowest BCUT2D eigenvalue weighted by Crippen LogP contribution is -2.14. The van der Waals surface area contributed by atoms with Crippen LogP contribution in [-0.2, 0) is 21.4 Å². The number of fused-ring (bicyclic) bond motifs is 4. The summed E-state index contributed by atoms with van der Waals surface area (Å²) in [6.07, 6.45) is 0. The second-order valence-corrected chi connectivity index (χ2v) is 9.87. The van der Waals surface area contributed by atoms with Gasteiger partial charge >= 0.3 is 5.97 Å². The Bertz CT molecular complexity index is 1700. The molecule has 0 fully saturated rings. The summed E-state index contributed by atoms with van der Waals surface area (Å²) in [6.45, 7) is 0.151. The summed E-state index contributed by atoms with van der Waals surface area (Å²) < 4.78 is 40.1. The number of hydrogen-bond acceptors (Lipinski definition) is 5. The first kappa shape index (κ1) is 20.5. The number of carbonyl (C=O) groups excluding carboxylic acids is 1. The maximum absolute atomic E-state index is 14.0. The average molecular weight is 470 g/mol. The van der Waals surface area contributed by atoms with E-state index in [1.807, 2.05) is 36.4 Å². The van der Waals surface area contributed by atoms with Crippen molar-refractivity contribution >= 4 is 37.8 Å². The summed E-state index contributed by atoms with van der Waals surface area (Å²) in [4.78, 5) is 13.0. The Hall–Kier alpha value is -4.10. The molecule has 0 atom stereocenters. The molecule has 0 aliphatic carbocycles. The quantitative estimate of drug-likeness (QED) is 0.331. The predicted molar refractivity (Wildman–Crippen MR) is 130 cm³/mol. The van der Waals surface area contributed by atoms with E-state index in [0.717, 1.165) is 16.3 Å². The monoisotopic (exact) mass is 469 g/mol. The fraction of sp³-hybridized carbons (Fsp3) is 0.0741. The van der Waals surface area contributed by atoms with Crippen LogP contribution in [0.2, 0.25) is 0 Å². The van der Waals surface area contributed by atoms with Gasteiger partial charge < -0.3 is 9.47 Å². The van der Waals surface area contributed by atoms with Gasteiger partial charge in [0.25, 0.3) is 10.0 Å². The molecule has 0 amide bonds. The third-order valence-corrected chi connectivity index (χ3v) is 7.95. The van der Waals surface area contributed by atoms with E-state index in [0.29, 0.717) is 33.5 Å². The van der Waals surface area contributed by atoms with Crippen molar-refractivity contribution in [3.05, 3.63) is 96.1 Å². The van der Waals surface area contributed by atoms with Crippen molar-refractivity contribution < 1.29 is 22.7 Å². The normalized spacial score (nSPS) is 13.3. The summed E-state index contributed by atoms with van der Waals surface area (Å²) in [6, 6.07) is 24.8. The SMILES string of the molecule is COc1ccc(-c2c3c(cc4c5ccccc5n(S(=O)(=O)c5ccccc5)c24)COC3=O)cc1. The molecule has 0 saturated carbocycles. The van der Waals surface area contributed by atoms with Crippen LogP contribution in [0.25, 0.3) is 32.9 Å². The fourth-order valence-corrected chi connectivity index (χ4v) is 6.25. The summed E-state index contributed by atoms with van der Waals surface area (Å²) in [5, 5.41) is 1.53. The number of methoxy groups -OCH3 is 1. The van der Waals surface area contributed by atoms with Crippen molar-refractivity contribution in [3.8, 4) is 16.9 Å². The third-order valence-electron chi connectivity index (χ3n) is 6.22. The average Bonchev–Trinajstić information content (AvgIpc) is 3.41. The molecule has 5 aromatic rings. The van der Waals surface area contributed by atoms with Crippen molar-refractivity contribution in [2.75, 3.05) is 7.11 Å². The van der Waals surface area contributed by atoms with Crippen LogP contribution in [-0.4, -0.2) is 25.5 Å². The van der Waals surface area contributed by atoms with Gasteiger partial charge in [-0.15, -0.1) is 0 Å². The largest absolute Gasteiger partial charge is 0.497 e. The number of rotatable bonds is 4. The second-order valence-electron chi connectivity index (χ2n) is 8.09. The molecule has 6 rings (SSSR count). The summed E-state index contributed by atoms with van der Waals surface area (Å²) in [5.74, 6) is 0.198. The molecule has 0 N–H and O–H groups in total. The summed E-state index contributed by atoms with van der Waals surface area (Å²) in [7, 11) is -2.41. The summed E-state index contributed by atoms with van der Waals surface area (Å²) in [5.41, 5.74) is 3.37. The third kappa shape index (κ3) is 2.87. The van der Waals surface area contributed by atoms with E-state index in [2.05, 4.69) is 0 Å². The van der Waals surface area contributed by atoms with Gasteiger partial charge in [-0.3, -0.25) is 0 Å². The molecule has 34 heavy (non-hydrogen) atoms. The van der Waals surface area contributed by atoms with Gasteiger partial charge in [0, 0.05) is 21.9 Å². The van der Waals surface area contributed by atoms with Crippen molar-refractivity contribution in [1.29, 1.82) is 0 Å². The van der Waals surface area contributed by atoms with Gasteiger partial charge in [0.15, 0.2) is 0 Å². The van der Waals surface area contributed by atoms with E-state index in [-0.39, 0.29) is 11.5 Å². The van der Waals surface area contributed by atoms with Crippen molar-refractivity contribution in [2.24, 2.45) is 0 Å². The zero-order valence-corrected chi connectivity index (χ0v) is 19.0. The number of ether oxygens (including phenoxy) is 2. The molecular formula is C27H19NO5S. The molecule has 0 saturated heterocycles. The molecule has 0 unspecified atom stereocenters. The van der Waals surface area contributed by atoms with Crippen LogP contribution in [0.3, 0.4) is 0 Å². The lowest BCUT2D eigenvalue weighted by molar-refractivity contribution is 0.0535. The number of carbonyl (C=O) groups is 1. The number of cyclic esters (lactones) is 1. The Kier molecular flexibility index (Phi) is 4.50. The molecule has 1 aromatic heterocycles. The number of benzene rings is 4. The first-order chi connectivity index (χ1) is 16.5. The van der Waals surface area contributed by atoms with Crippen LogP contribution in [0.1, 0.15) is 15.9 Å². The molecule has 168 valence electrons. The molecule has 1 aliphatic heterocycles. The van der Waals surface area contributed by atoms with Crippen LogP contribution in [0.5, 0.6) is 5.75 Å². The van der Waals surface area contributed by atoms with Crippen LogP contribution in [0.4, 0.5) is 0 Å². The molecule has 7 heteroatoms. The first-order valence-electron chi connectivity index (χ1n) is 10.7. The van der Waals surface area contributed by atoms with Gasteiger partial charge in [0.2, 0.25) is 0 Å². The number of para-hydroxylation sites is 1. The van der Waals surface area contributed by atoms with Crippen LogP contribution in [0.15, 0.2) is 89.8 Å². The van der Waals surface area contributed by atoms with Crippen LogP contribution < -0.4 is 4.74 Å². The zero-order chi connectivity index (χ0) is 23.4. The van der Waals surface area contributed by atoms with Crippen LogP contribution >= 0.6 is 0 Å². The van der Waals surface area contributed by atoms with Crippen molar-refractivity contribution in [2.45, 2.75) is 11.5 Å². The Labute approximate surface area is 196 Å². The van der Waals surface area contributed by atoms with Crippen LogP contribution in [0, 0.1) is 0 Å². The van der Waals surface area contributed by atoms with Gasteiger partial charge in [-0.05, 0) is 42.0 Å². The Morgan fingerprint density at radius 1 is 0.853 bits per heavy atom. The highest BCUT2D eigenvalue weighted by Crippen LogP contribution is 2.43. The lowest BCUT2D eigenvalue weighted by Gasteiger charge is -2.14. The highest BCUT2D eigenvalue weighted by molar-refractivity contribution is 7.90. The van der Waals surface area contributed by atoms with Gasteiger partial charge in [0.1, 0.15) is 12.4 Å². The minimum Gasteiger partial charge on any atom is -0.497 e. The predicted octanol–water partition coefficient (Wildman–Crippen LogP) is 5.38. The van der Waals surface area contributed by atoms with E-state index >= 15 is 0 Å². The van der Waals surface area contributed by atoms with E-state index in [1.54, 1.807) is 55.6 Å². The fourth-order valence-electron chi connectivity index (χ4n) is 4.69. The number of esters is 1. The van der Waals surface area contributed by atoms with Gasteiger partial charge in [0.05, 0.1) is 28.6 Å². The van der Waals surface area contributed by atoms with E-state index in [1.165, 1.54) is 3.97 Å². The van der Waals surface area contributed by atoms with Gasteiger partial charge in [-0.25, -0.2) is 17.2 Å². The maximum atomic E-state index is 14.0. The number of hydrogen-bond donors (Lipinski definition) is 0. The molecule has 4 aromatic carbocycles. The second kappa shape index (κ2) is 7.46. The molecular weight excluding hydrogens is 450 g/mol. The minimum atomic E-state index is -3.99. The maximum Gasteiger partial charge on any atom is 0.339 e. The van der Waals surface area contributed by atoms with E-state index in [9.17, 15) is 13.2 Å². The Morgan fingerprint density at radius 3 is 2.29 bits per heavy atom. The van der Waals surface area contributed by atoms with E-state index < -0.39 is 16.0 Å². The molecule has 1 aliphatic rings. The molecule has 0 bridgehead atoms.